The van der Waals surface area contributed by atoms with E-state index in [2.05, 4.69) is 12.2 Å². The van der Waals surface area contributed by atoms with Crippen molar-refractivity contribution in [2.24, 2.45) is 0 Å². The van der Waals surface area contributed by atoms with Crippen LogP contribution in [0.25, 0.3) is 0 Å². The Kier molecular flexibility index (Phi) is 5.60. The molecule has 114 valence electrons. The molecule has 6 heteroatoms. The molecule has 1 aromatic rings. The lowest BCUT2D eigenvalue weighted by Gasteiger charge is -2.24. The Morgan fingerprint density at radius 3 is 2.80 bits per heavy atom. The summed E-state index contributed by atoms with van der Waals surface area (Å²) in [4.78, 5) is 1.04. The summed E-state index contributed by atoms with van der Waals surface area (Å²) < 4.78 is 27.6. The van der Waals surface area contributed by atoms with E-state index in [9.17, 15) is 8.42 Å². The van der Waals surface area contributed by atoms with E-state index in [1.165, 1.54) is 11.3 Å². The van der Waals surface area contributed by atoms with Crippen LogP contribution in [0.5, 0.6) is 0 Å². The second-order valence-corrected chi connectivity index (χ2v) is 8.83. The Morgan fingerprint density at radius 2 is 2.25 bits per heavy atom. The van der Waals surface area contributed by atoms with Crippen molar-refractivity contribution in [1.29, 1.82) is 0 Å². The quantitative estimate of drug-likeness (QED) is 0.841. The van der Waals surface area contributed by atoms with Crippen molar-refractivity contribution in [2.45, 2.75) is 49.8 Å². The number of thiophene rings is 1. The third kappa shape index (κ3) is 3.81. The topological polar surface area (TPSA) is 49.4 Å². The lowest BCUT2D eigenvalue weighted by Crippen LogP contribution is -2.41. The largest absolute Gasteiger partial charge is 0.313 e. The maximum Gasteiger partial charge on any atom is 0.252 e. The fraction of sp³-hybridized carbons (Fsp3) is 0.714. The molecule has 0 bridgehead atoms. The molecule has 1 aromatic heterocycles. The molecule has 1 fully saturated rings. The molecule has 0 spiro atoms. The summed E-state index contributed by atoms with van der Waals surface area (Å²) in [6.45, 7) is 6.25. The molecule has 2 heterocycles. The Bertz CT molecular complexity index is 519. The molecule has 2 rings (SSSR count). The van der Waals surface area contributed by atoms with Gasteiger partial charge in [0.2, 0.25) is 0 Å². The van der Waals surface area contributed by atoms with Crippen molar-refractivity contribution in [3.05, 3.63) is 17.0 Å². The van der Waals surface area contributed by atoms with Gasteiger partial charge in [-0.05, 0) is 44.9 Å². The average Bonchev–Trinajstić information content (AvgIpc) is 3.05. The highest BCUT2D eigenvalue weighted by molar-refractivity contribution is 7.91. The highest BCUT2D eigenvalue weighted by Gasteiger charge is 2.28. The average molecular weight is 316 g/mol. The lowest BCUT2D eigenvalue weighted by molar-refractivity contribution is 0.365. The fourth-order valence-electron chi connectivity index (χ4n) is 2.48. The van der Waals surface area contributed by atoms with E-state index < -0.39 is 10.0 Å². The summed E-state index contributed by atoms with van der Waals surface area (Å²) in [5.41, 5.74) is 0. The minimum Gasteiger partial charge on any atom is -0.313 e. The molecule has 1 atom stereocenters. The zero-order valence-corrected chi connectivity index (χ0v) is 13.9. The van der Waals surface area contributed by atoms with Gasteiger partial charge in [-0.25, -0.2) is 8.42 Å². The van der Waals surface area contributed by atoms with Crippen molar-refractivity contribution in [1.82, 2.24) is 9.62 Å². The van der Waals surface area contributed by atoms with Crippen LogP contribution >= 0.6 is 11.3 Å². The first-order valence-electron chi connectivity index (χ1n) is 7.34. The van der Waals surface area contributed by atoms with Crippen molar-refractivity contribution < 1.29 is 8.42 Å². The molecule has 1 aliphatic rings. The molecule has 20 heavy (non-hydrogen) atoms. The molecule has 1 saturated heterocycles. The van der Waals surface area contributed by atoms with E-state index in [0.717, 1.165) is 37.1 Å². The summed E-state index contributed by atoms with van der Waals surface area (Å²) in [5, 5.41) is 3.39. The van der Waals surface area contributed by atoms with Gasteiger partial charge in [0.1, 0.15) is 4.21 Å². The van der Waals surface area contributed by atoms with Crippen molar-refractivity contribution in [3.8, 4) is 0 Å². The number of hydrogen-bond acceptors (Lipinski definition) is 4. The van der Waals surface area contributed by atoms with Gasteiger partial charge in [0.15, 0.2) is 0 Å². The van der Waals surface area contributed by atoms with Crippen LogP contribution in [0.1, 0.15) is 37.5 Å². The van der Waals surface area contributed by atoms with E-state index >= 15 is 0 Å². The maximum absolute atomic E-state index is 12.7. The predicted octanol–water partition coefficient (Wildman–Crippen LogP) is 2.60. The van der Waals surface area contributed by atoms with E-state index in [4.69, 9.17) is 0 Å². The maximum atomic E-state index is 12.7. The Morgan fingerprint density at radius 1 is 1.45 bits per heavy atom. The second kappa shape index (κ2) is 7.02. The highest BCUT2D eigenvalue weighted by Crippen LogP contribution is 2.25. The molecular weight excluding hydrogens is 292 g/mol. The molecule has 4 nitrogen and oxygen atoms in total. The van der Waals surface area contributed by atoms with Crippen LogP contribution in [0.2, 0.25) is 0 Å². The van der Waals surface area contributed by atoms with Gasteiger partial charge in [-0.2, -0.15) is 4.31 Å². The first-order chi connectivity index (χ1) is 9.54. The first kappa shape index (κ1) is 15.9. The number of nitrogens with zero attached hydrogens (tertiary/aromatic N) is 1. The first-order valence-corrected chi connectivity index (χ1v) is 9.59. The van der Waals surface area contributed by atoms with Gasteiger partial charge in [0.05, 0.1) is 0 Å². The minimum absolute atomic E-state index is 0.308. The van der Waals surface area contributed by atoms with E-state index in [1.807, 2.05) is 13.0 Å². The zero-order valence-electron chi connectivity index (χ0n) is 12.3. The van der Waals surface area contributed by atoms with Gasteiger partial charge in [-0.1, -0.05) is 13.3 Å². The monoisotopic (exact) mass is 316 g/mol. The van der Waals surface area contributed by atoms with E-state index in [0.29, 0.717) is 23.3 Å². The van der Waals surface area contributed by atoms with E-state index in [-0.39, 0.29) is 0 Å². The van der Waals surface area contributed by atoms with Gasteiger partial charge < -0.3 is 5.32 Å². The van der Waals surface area contributed by atoms with Gasteiger partial charge in [-0.15, -0.1) is 11.3 Å². The molecule has 0 aliphatic carbocycles. The molecule has 0 radical (unpaired) electrons. The van der Waals surface area contributed by atoms with Crippen molar-refractivity contribution >= 4 is 21.4 Å². The molecule has 1 unspecified atom stereocenters. The van der Waals surface area contributed by atoms with Gasteiger partial charge in [-0.3, -0.25) is 0 Å². The normalized spacial score (nSPS) is 19.9. The smallest absolute Gasteiger partial charge is 0.252 e. The number of rotatable bonds is 7. The standard InChI is InChI=1S/C14H24N2O2S2/c1-3-4-10-16(11-13-6-5-9-15-13)20(17,18)14-8-7-12(2)19-14/h7-8,13,15H,3-6,9-11H2,1-2H3. The Hall–Kier alpha value is -0.430. The minimum atomic E-state index is -3.33. The number of aryl methyl sites for hydroxylation is 1. The number of sulfonamides is 1. The summed E-state index contributed by atoms with van der Waals surface area (Å²) >= 11 is 1.36. The Balaban J connectivity index is 2.15. The third-order valence-corrected chi connectivity index (χ3v) is 6.99. The molecular formula is C14H24N2O2S2. The van der Waals surface area contributed by atoms with Gasteiger partial charge >= 0.3 is 0 Å². The van der Waals surface area contributed by atoms with Crippen LogP contribution in [0.4, 0.5) is 0 Å². The lowest BCUT2D eigenvalue weighted by atomic mass is 10.2. The molecule has 0 aromatic carbocycles. The fourth-order valence-corrected chi connectivity index (χ4v) is 5.44. The SMILES string of the molecule is CCCCN(CC1CCCN1)S(=O)(=O)c1ccc(C)s1. The summed E-state index contributed by atoms with van der Waals surface area (Å²) in [5.74, 6) is 0. The van der Waals surface area contributed by atoms with Crippen LogP contribution in [0, 0.1) is 6.92 Å². The Labute approximate surface area is 126 Å². The summed E-state index contributed by atoms with van der Waals surface area (Å²) in [7, 11) is -3.33. The van der Waals surface area contributed by atoms with Crippen molar-refractivity contribution in [2.75, 3.05) is 19.6 Å². The zero-order chi connectivity index (χ0) is 14.6. The van der Waals surface area contributed by atoms with Crippen LogP contribution in [0.15, 0.2) is 16.3 Å². The van der Waals surface area contributed by atoms with Crippen LogP contribution in [-0.2, 0) is 10.0 Å². The van der Waals surface area contributed by atoms with E-state index in [1.54, 1.807) is 10.4 Å². The summed E-state index contributed by atoms with van der Waals surface area (Å²) in [6, 6.07) is 3.92. The summed E-state index contributed by atoms with van der Waals surface area (Å²) in [6.07, 6.45) is 4.13. The van der Waals surface area contributed by atoms with Crippen molar-refractivity contribution in [3.63, 3.8) is 0 Å². The number of hydrogen-bond donors (Lipinski definition) is 1. The molecule has 0 saturated carbocycles. The second-order valence-electron chi connectivity index (χ2n) is 5.37. The van der Waals surface area contributed by atoms with Crippen LogP contribution in [-0.4, -0.2) is 38.4 Å². The van der Waals surface area contributed by atoms with Crippen LogP contribution in [0.3, 0.4) is 0 Å². The molecule has 0 amide bonds. The predicted molar refractivity (Wildman–Crippen MR) is 83.7 cm³/mol. The third-order valence-electron chi connectivity index (χ3n) is 3.66. The molecule has 1 N–H and O–H groups in total. The number of nitrogens with one attached hydrogen (secondary N) is 1. The highest BCUT2D eigenvalue weighted by atomic mass is 32.2. The molecule has 1 aliphatic heterocycles. The van der Waals surface area contributed by atoms with Crippen LogP contribution < -0.4 is 5.32 Å². The number of unbranched alkanes of at least 4 members (excludes halogenated alkanes) is 1. The van der Waals surface area contributed by atoms with Gasteiger partial charge in [0, 0.05) is 24.0 Å². The van der Waals surface area contributed by atoms with Gasteiger partial charge in [0.25, 0.3) is 10.0 Å².